The van der Waals surface area contributed by atoms with Crippen LogP contribution in [0, 0.1) is 0 Å². The molecule has 0 spiro atoms. The predicted molar refractivity (Wildman–Crippen MR) is 206 cm³/mol. The summed E-state index contributed by atoms with van der Waals surface area (Å²) in [5.74, 6) is -2.26. The Bertz CT molecular complexity index is 2220. The Morgan fingerprint density at radius 1 is 0.786 bits per heavy atom. The molecule has 6 rings (SSSR count). The number of carbonyl (C=O) groups is 4. The van der Waals surface area contributed by atoms with E-state index in [1.54, 1.807) is 61.5 Å². The van der Waals surface area contributed by atoms with Gasteiger partial charge in [0.15, 0.2) is 0 Å². The number of hydrogen-bond donors (Lipinski definition) is 2. The number of nitrogens with one attached hydrogen (secondary N) is 1. The van der Waals surface area contributed by atoms with E-state index in [-0.39, 0.29) is 41.9 Å². The number of rotatable bonds is 11. The average molecular weight is 764 g/mol. The van der Waals surface area contributed by atoms with Gasteiger partial charge in [-0.05, 0) is 98.0 Å². The van der Waals surface area contributed by atoms with E-state index < -0.39 is 35.6 Å². The van der Waals surface area contributed by atoms with Gasteiger partial charge in [0.05, 0.1) is 29.1 Å². The molecule has 0 bridgehead atoms. The molecule has 1 aliphatic heterocycles. The SMILES string of the molecule is CCN(C(=O)N(Cc1cccc(C(=O)O)c1)C(=O)c1ccccc1)c1cccc(N2CCCCC2)c1-c1cc(C(=O)NCc2cccc(C(F)(F)F)c2)ccn1. The molecular weight excluding hydrogens is 723 g/mol. The monoisotopic (exact) mass is 763 g/mol. The van der Waals surface area contributed by atoms with Gasteiger partial charge < -0.3 is 15.3 Å². The molecule has 10 nitrogen and oxygen atoms in total. The van der Waals surface area contributed by atoms with Crippen molar-refractivity contribution in [3.8, 4) is 11.3 Å². The van der Waals surface area contributed by atoms with Gasteiger partial charge in [0.25, 0.3) is 11.8 Å². The fraction of sp³-hybridized carbons (Fsp3) is 0.233. The zero-order chi connectivity index (χ0) is 39.8. The van der Waals surface area contributed by atoms with Crippen LogP contribution in [0.25, 0.3) is 11.3 Å². The first-order valence-electron chi connectivity index (χ1n) is 18.2. The van der Waals surface area contributed by atoms with Crippen molar-refractivity contribution in [2.75, 3.05) is 29.4 Å². The number of alkyl halides is 3. The predicted octanol–water partition coefficient (Wildman–Crippen LogP) is 8.67. The van der Waals surface area contributed by atoms with E-state index >= 15 is 0 Å². The average Bonchev–Trinajstić information content (AvgIpc) is 3.22. The van der Waals surface area contributed by atoms with Crippen LogP contribution in [0.15, 0.2) is 115 Å². The molecule has 1 aromatic heterocycles. The fourth-order valence-electron chi connectivity index (χ4n) is 6.77. The molecule has 5 aromatic rings. The number of carbonyl (C=O) groups excluding carboxylic acids is 3. The van der Waals surface area contributed by atoms with Crippen LogP contribution in [0.1, 0.15) is 74.0 Å². The lowest BCUT2D eigenvalue weighted by atomic mass is 10.0. The summed E-state index contributed by atoms with van der Waals surface area (Å²) in [4.78, 5) is 63.6. The molecule has 0 saturated carbocycles. The number of anilines is 2. The fourth-order valence-corrected chi connectivity index (χ4v) is 6.77. The molecule has 4 aromatic carbocycles. The molecule has 0 aliphatic carbocycles. The van der Waals surface area contributed by atoms with Crippen LogP contribution in [0.4, 0.5) is 29.3 Å². The van der Waals surface area contributed by atoms with Crippen LogP contribution in [0.5, 0.6) is 0 Å². The summed E-state index contributed by atoms with van der Waals surface area (Å²) >= 11 is 0. The highest BCUT2D eigenvalue weighted by molar-refractivity contribution is 6.10. The number of hydrogen-bond acceptors (Lipinski definition) is 6. The van der Waals surface area contributed by atoms with Gasteiger partial charge in [0, 0.05) is 54.8 Å². The molecular formula is C43H40F3N5O5. The summed E-state index contributed by atoms with van der Waals surface area (Å²) in [6.07, 6.45) is -0.111. The molecule has 0 unspecified atom stereocenters. The first-order chi connectivity index (χ1) is 26.9. The number of aromatic carboxylic acids is 1. The van der Waals surface area contributed by atoms with Crippen molar-refractivity contribution >= 4 is 35.2 Å². The summed E-state index contributed by atoms with van der Waals surface area (Å²) in [7, 11) is 0. The van der Waals surface area contributed by atoms with Crippen molar-refractivity contribution in [2.45, 2.75) is 45.5 Å². The molecule has 1 fully saturated rings. The molecule has 0 atom stereocenters. The maximum Gasteiger partial charge on any atom is 0.416 e. The van der Waals surface area contributed by atoms with E-state index in [2.05, 4.69) is 15.2 Å². The molecule has 288 valence electrons. The zero-order valence-corrected chi connectivity index (χ0v) is 30.6. The summed E-state index contributed by atoms with van der Waals surface area (Å²) in [6, 6.07) is 27.1. The number of nitrogens with zero attached hydrogens (tertiary/aromatic N) is 4. The molecule has 2 heterocycles. The Morgan fingerprint density at radius 2 is 1.48 bits per heavy atom. The number of benzene rings is 4. The number of piperidine rings is 1. The lowest BCUT2D eigenvalue weighted by Crippen LogP contribution is -2.46. The van der Waals surface area contributed by atoms with Gasteiger partial charge in [-0.1, -0.05) is 48.5 Å². The van der Waals surface area contributed by atoms with Gasteiger partial charge >= 0.3 is 18.2 Å². The number of amides is 4. The third-order valence-electron chi connectivity index (χ3n) is 9.55. The van der Waals surface area contributed by atoms with Gasteiger partial charge in [-0.25, -0.2) is 9.59 Å². The van der Waals surface area contributed by atoms with Crippen LogP contribution < -0.4 is 15.1 Å². The summed E-state index contributed by atoms with van der Waals surface area (Å²) in [6.45, 7) is 3.02. The molecule has 2 N–H and O–H groups in total. The van der Waals surface area contributed by atoms with Crippen molar-refractivity contribution in [3.05, 3.63) is 149 Å². The van der Waals surface area contributed by atoms with E-state index in [4.69, 9.17) is 0 Å². The van der Waals surface area contributed by atoms with Crippen molar-refractivity contribution in [1.29, 1.82) is 0 Å². The van der Waals surface area contributed by atoms with Crippen molar-refractivity contribution in [2.24, 2.45) is 0 Å². The number of halogens is 3. The zero-order valence-electron chi connectivity index (χ0n) is 30.6. The van der Waals surface area contributed by atoms with Gasteiger partial charge in [-0.2, -0.15) is 13.2 Å². The van der Waals surface area contributed by atoms with Crippen LogP contribution in [-0.4, -0.2) is 58.4 Å². The normalized spacial score (nSPS) is 12.8. The second-order valence-electron chi connectivity index (χ2n) is 13.3. The van der Waals surface area contributed by atoms with Gasteiger partial charge in [-0.15, -0.1) is 0 Å². The first-order valence-corrected chi connectivity index (χ1v) is 18.2. The topological polar surface area (TPSA) is 123 Å². The van der Waals surface area contributed by atoms with Crippen LogP contribution in [-0.2, 0) is 19.3 Å². The quantitative estimate of drug-likeness (QED) is 0.138. The largest absolute Gasteiger partial charge is 0.478 e. The van der Waals surface area contributed by atoms with E-state index in [0.29, 0.717) is 22.5 Å². The van der Waals surface area contributed by atoms with Gasteiger partial charge in [0.1, 0.15) is 0 Å². The summed E-state index contributed by atoms with van der Waals surface area (Å²) < 4.78 is 39.9. The number of carboxylic acid groups (broad SMARTS) is 1. The second-order valence-corrected chi connectivity index (χ2v) is 13.3. The number of pyridine rings is 1. The van der Waals surface area contributed by atoms with Crippen molar-refractivity contribution in [3.63, 3.8) is 0 Å². The molecule has 0 radical (unpaired) electrons. The standard InChI is InChI=1S/C43H40F3N5O5/c1-2-50(42(56)51(40(53)31-14-5-3-6-15-31)28-30-13-9-16-33(24-30)41(54)55)37-19-11-18-36(49-22-7-4-8-23-49)38(37)35-26-32(20-21-47-35)39(52)48-27-29-12-10-17-34(25-29)43(44,45)46/h3,5-6,9-21,24-26H,2,4,7-8,22-23,27-28H2,1H3,(H,48,52)(H,54,55). The Hall–Kier alpha value is -6.50. The third kappa shape index (κ3) is 9.06. The van der Waals surface area contributed by atoms with Crippen LogP contribution >= 0.6 is 0 Å². The summed E-state index contributed by atoms with van der Waals surface area (Å²) in [5, 5.41) is 12.3. The van der Waals surface area contributed by atoms with Gasteiger partial charge in [-0.3, -0.25) is 24.4 Å². The Morgan fingerprint density at radius 3 is 2.20 bits per heavy atom. The van der Waals surface area contributed by atoms with E-state index in [0.717, 1.165) is 55.1 Å². The molecule has 56 heavy (non-hydrogen) atoms. The summed E-state index contributed by atoms with van der Waals surface area (Å²) in [5.41, 5.74) is 2.51. The number of aromatic nitrogens is 1. The van der Waals surface area contributed by atoms with E-state index in [1.165, 1.54) is 41.4 Å². The maximum absolute atomic E-state index is 14.8. The molecule has 1 saturated heterocycles. The highest BCUT2D eigenvalue weighted by Crippen LogP contribution is 2.40. The molecule has 1 aliphatic rings. The van der Waals surface area contributed by atoms with Crippen molar-refractivity contribution in [1.82, 2.24) is 15.2 Å². The molecule has 4 amide bonds. The number of urea groups is 1. The lowest BCUT2D eigenvalue weighted by Gasteiger charge is -2.34. The first kappa shape index (κ1) is 39.2. The third-order valence-corrected chi connectivity index (χ3v) is 9.55. The highest BCUT2D eigenvalue weighted by Gasteiger charge is 2.32. The van der Waals surface area contributed by atoms with Crippen LogP contribution in [0.3, 0.4) is 0 Å². The van der Waals surface area contributed by atoms with E-state index in [1.807, 2.05) is 12.1 Å². The smallest absolute Gasteiger partial charge is 0.416 e. The van der Waals surface area contributed by atoms with Crippen molar-refractivity contribution < 1.29 is 37.5 Å². The molecule has 13 heteroatoms. The minimum absolute atomic E-state index is 0.00995. The minimum atomic E-state index is -4.52. The maximum atomic E-state index is 14.8. The highest BCUT2D eigenvalue weighted by atomic mass is 19.4. The Balaban J connectivity index is 1.39. The van der Waals surface area contributed by atoms with Gasteiger partial charge in [0.2, 0.25) is 0 Å². The minimum Gasteiger partial charge on any atom is -0.478 e. The van der Waals surface area contributed by atoms with E-state index in [9.17, 15) is 37.5 Å². The Kier molecular flexibility index (Phi) is 12.1. The second kappa shape index (κ2) is 17.3. The number of imide groups is 1. The number of carboxylic acids is 1. The Labute approximate surface area is 322 Å². The lowest BCUT2D eigenvalue weighted by molar-refractivity contribution is -0.137. The van der Waals surface area contributed by atoms with Crippen LogP contribution in [0.2, 0.25) is 0 Å².